The molecule has 0 fully saturated rings. The summed E-state index contributed by atoms with van der Waals surface area (Å²) >= 11 is 4.65. The maximum absolute atomic E-state index is 12.5. The van der Waals surface area contributed by atoms with Gasteiger partial charge in [0.25, 0.3) is 0 Å². The normalized spacial score (nSPS) is 12.6. The minimum absolute atomic E-state index is 0.340. The number of ketones is 1. The van der Waals surface area contributed by atoms with E-state index < -0.39 is 52.0 Å². The lowest BCUT2D eigenvalue weighted by Crippen LogP contribution is -2.10. The van der Waals surface area contributed by atoms with Gasteiger partial charge in [-0.15, -0.1) is 11.6 Å². The van der Waals surface area contributed by atoms with Crippen molar-refractivity contribution in [2.75, 3.05) is 5.88 Å². The summed E-state index contributed by atoms with van der Waals surface area (Å²) in [5.41, 5.74) is -6.10. The number of thioether (sulfide) groups is 1. The summed E-state index contributed by atoms with van der Waals surface area (Å²) in [6.07, 6.45) is -5.27. The molecule has 0 spiro atoms. The van der Waals surface area contributed by atoms with Gasteiger partial charge in [-0.2, -0.15) is 26.3 Å². The Bertz CT molecular complexity index is 497. The van der Waals surface area contributed by atoms with Crippen LogP contribution in [0.1, 0.15) is 11.1 Å². The lowest BCUT2D eigenvalue weighted by Gasteiger charge is -2.13. The van der Waals surface area contributed by atoms with Gasteiger partial charge < -0.3 is 0 Å². The van der Waals surface area contributed by atoms with Crippen molar-refractivity contribution in [2.45, 2.75) is 23.0 Å². The van der Waals surface area contributed by atoms with E-state index in [1.807, 2.05) is 0 Å². The summed E-state index contributed by atoms with van der Waals surface area (Å²) in [6, 6.07) is 1.79. The number of hydrogen-bond acceptors (Lipinski definition) is 2. The van der Waals surface area contributed by atoms with Gasteiger partial charge in [0.1, 0.15) is 0 Å². The molecule has 0 aliphatic rings. The Morgan fingerprint density at radius 2 is 1.75 bits per heavy atom. The second kappa shape index (κ2) is 6.26. The highest BCUT2D eigenvalue weighted by atomic mass is 35.5. The fourth-order valence-corrected chi connectivity index (χ4v) is 2.12. The van der Waals surface area contributed by atoms with E-state index in [-0.39, 0.29) is 5.56 Å². The van der Waals surface area contributed by atoms with Gasteiger partial charge in [0.05, 0.1) is 11.4 Å². The summed E-state index contributed by atoms with van der Waals surface area (Å²) in [4.78, 5) is 10.7. The molecule has 0 aliphatic carbocycles. The standard InChI is InChI=1S/C11H7ClF6OS/c12-5-8(19)4-6-3-7(10(13,14)15)1-2-9(6)20-11(16,17)18/h1-3H,4-5H2. The smallest absolute Gasteiger partial charge is 0.298 e. The number of carbonyl (C=O) groups excluding carboxylic acids is 1. The average Bonchev–Trinajstić information content (AvgIpc) is 2.28. The summed E-state index contributed by atoms with van der Waals surface area (Å²) < 4.78 is 74.5. The van der Waals surface area contributed by atoms with Crippen molar-refractivity contribution in [3.63, 3.8) is 0 Å². The third-order valence-corrected chi connectivity index (χ3v) is 3.30. The van der Waals surface area contributed by atoms with E-state index in [1.165, 1.54) is 0 Å². The molecule has 0 unspecified atom stereocenters. The van der Waals surface area contributed by atoms with E-state index in [9.17, 15) is 31.1 Å². The number of Topliss-reactive ketones (excluding diaryl/α,β-unsaturated/α-hetero) is 1. The molecule has 1 nitrogen and oxygen atoms in total. The summed E-state index contributed by atoms with van der Waals surface area (Å²) in [6.45, 7) is 0. The zero-order valence-corrected chi connectivity index (χ0v) is 11.2. The average molecular weight is 337 g/mol. The maximum Gasteiger partial charge on any atom is 0.446 e. The van der Waals surface area contributed by atoms with Crippen LogP contribution in [0.5, 0.6) is 0 Å². The van der Waals surface area contributed by atoms with Crippen LogP contribution in [0.2, 0.25) is 0 Å². The van der Waals surface area contributed by atoms with E-state index in [2.05, 4.69) is 0 Å². The van der Waals surface area contributed by atoms with Gasteiger partial charge in [0.2, 0.25) is 0 Å². The van der Waals surface area contributed by atoms with Crippen molar-refractivity contribution in [1.29, 1.82) is 0 Å². The fraction of sp³-hybridized carbons (Fsp3) is 0.364. The molecule has 0 amide bonds. The third kappa shape index (κ3) is 5.24. The van der Waals surface area contributed by atoms with E-state index in [1.54, 1.807) is 0 Å². The number of rotatable bonds is 4. The van der Waals surface area contributed by atoms with Crippen LogP contribution in [0, 0.1) is 0 Å². The van der Waals surface area contributed by atoms with Crippen LogP contribution in [0.15, 0.2) is 23.1 Å². The Kier molecular flexibility index (Phi) is 5.37. The molecule has 0 bridgehead atoms. The number of alkyl halides is 7. The molecule has 0 saturated heterocycles. The first-order valence-electron chi connectivity index (χ1n) is 5.06. The molecule has 1 aromatic carbocycles. The minimum Gasteiger partial charge on any atom is -0.298 e. The van der Waals surface area contributed by atoms with Crippen molar-refractivity contribution >= 4 is 29.1 Å². The number of hydrogen-bond donors (Lipinski definition) is 0. The molecule has 1 aromatic rings. The van der Waals surface area contributed by atoms with Crippen LogP contribution in [-0.4, -0.2) is 17.2 Å². The molecular formula is C11H7ClF6OS. The van der Waals surface area contributed by atoms with Gasteiger partial charge in [0.15, 0.2) is 5.78 Å². The lowest BCUT2D eigenvalue weighted by atomic mass is 10.1. The van der Waals surface area contributed by atoms with Crippen molar-refractivity contribution in [3.8, 4) is 0 Å². The maximum atomic E-state index is 12.5. The molecule has 9 heteroatoms. The van der Waals surface area contributed by atoms with Gasteiger partial charge >= 0.3 is 11.7 Å². The zero-order valence-electron chi connectivity index (χ0n) is 9.61. The molecular weight excluding hydrogens is 330 g/mol. The Hall–Kier alpha value is -0.890. The lowest BCUT2D eigenvalue weighted by molar-refractivity contribution is -0.137. The van der Waals surface area contributed by atoms with Crippen LogP contribution in [0.3, 0.4) is 0 Å². The minimum atomic E-state index is -4.69. The summed E-state index contributed by atoms with van der Waals surface area (Å²) in [5.74, 6) is -1.14. The van der Waals surface area contributed by atoms with Crippen molar-refractivity contribution in [1.82, 2.24) is 0 Å². The molecule has 112 valence electrons. The number of carbonyl (C=O) groups is 1. The van der Waals surface area contributed by atoms with E-state index >= 15 is 0 Å². The zero-order chi connectivity index (χ0) is 15.6. The fourth-order valence-electron chi connectivity index (χ4n) is 1.38. The second-order valence-electron chi connectivity index (χ2n) is 3.72. The highest BCUT2D eigenvalue weighted by molar-refractivity contribution is 8.00. The molecule has 0 aliphatic heterocycles. The molecule has 20 heavy (non-hydrogen) atoms. The number of halogens is 7. The first-order valence-corrected chi connectivity index (χ1v) is 6.41. The molecule has 0 N–H and O–H groups in total. The van der Waals surface area contributed by atoms with Gasteiger partial charge in [-0.05, 0) is 35.5 Å². The SMILES string of the molecule is O=C(CCl)Cc1cc(C(F)(F)F)ccc1SC(F)(F)F. The highest BCUT2D eigenvalue weighted by Crippen LogP contribution is 2.40. The predicted octanol–water partition coefficient (Wildman–Crippen LogP) is 4.67. The molecule has 0 atom stereocenters. The Labute approximate surface area is 119 Å². The Morgan fingerprint density at radius 3 is 2.20 bits per heavy atom. The summed E-state index contributed by atoms with van der Waals surface area (Å²) in [7, 11) is 0. The molecule has 0 radical (unpaired) electrons. The summed E-state index contributed by atoms with van der Waals surface area (Å²) in [5, 5.41) is 0. The molecule has 0 heterocycles. The third-order valence-electron chi connectivity index (χ3n) is 2.15. The monoisotopic (exact) mass is 336 g/mol. The van der Waals surface area contributed by atoms with Crippen LogP contribution in [0.4, 0.5) is 26.3 Å². The topological polar surface area (TPSA) is 17.1 Å². The molecule has 1 rings (SSSR count). The first kappa shape index (κ1) is 17.2. The molecule has 0 saturated carbocycles. The largest absolute Gasteiger partial charge is 0.446 e. The Balaban J connectivity index is 3.19. The van der Waals surface area contributed by atoms with Crippen molar-refractivity contribution < 1.29 is 31.1 Å². The van der Waals surface area contributed by atoms with Gasteiger partial charge in [-0.25, -0.2) is 0 Å². The van der Waals surface area contributed by atoms with Crippen LogP contribution < -0.4 is 0 Å². The molecule has 0 aromatic heterocycles. The van der Waals surface area contributed by atoms with Crippen molar-refractivity contribution in [2.24, 2.45) is 0 Å². The van der Waals surface area contributed by atoms with Crippen LogP contribution >= 0.6 is 23.4 Å². The Morgan fingerprint density at radius 1 is 1.15 bits per heavy atom. The van der Waals surface area contributed by atoms with Crippen LogP contribution in [-0.2, 0) is 17.4 Å². The van der Waals surface area contributed by atoms with Crippen LogP contribution in [0.25, 0.3) is 0 Å². The van der Waals surface area contributed by atoms with E-state index in [0.29, 0.717) is 18.2 Å². The first-order chi connectivity index (χ1) is 9.03. The van der Waals surface area contributed by atoms with E-state index in [0.717, 1.165) is 0 Å². The van der Waals surface area contributed by atoms with Crippen molar-refractivity contribution in [3.05, 3.63) is 29.3 Å². The second-order valence-corrected chi connectivity index (χ2v) is 5.09. The van der Waals surface area contributed by atoms with Gasteiger partial charge in [-0.1, -0.05) is 0 Å². The number of benzene rings is 1. The highest BCUT2D eigenvalue weighted by Gasteiger charge is 2.34. The predicted molar refractivity (Wildman–Crippen MR) is 62.8 cm³/mol. The quantitative estimate of drug-likeness (QED) is 0.451. The van der Waals surface area contributed by atoms with Gasteiger partial charge in [-0.3, -0.25) is 4.79 Å². The van der Waals surface area contributed by atoms with Gasteiger partial charge in [0, 0.05) is 11.3 Å². The van der Waals surface area contributed by atoms with E-state index in [4.69, 9.17) is 11.6 Å².